The van der Waals surface area contributed by atoms with Crippen molar-refractivity contribution in [3.63, 3.8) is 0 Å². The lowest BCUT2D eigenvalue weighted by Gasteiger charge is -2.21. The molecule has 1 aromatic rings. The number of amides is 1. The minimum atomic E-state index is -0.512. The highest BCUT2D eigenvalue weighted by Crippen LogP contribution is 2.16. The lowest BCUT2D eigenvalue weighted by atomic mass is 10.1. The van der Waals surface area contributed by atoms with E-state index in [4.69, 9.17) is 0 Å². The molecule has 0 aromatic heterocycles. The molecule has 1 aliphatic rings. The average molecular weight is 280 g/mol. The van der Waals surface area contributed by atoms with Crippen LogP contribution in [0.3, 0.4) is 0 Å². The molecule has 1 heterocycles. The Labute approximate surface area is 118 Å². The fraction of sp³-hybridized carbons (Fsp3) is 0.533. The van der Waals surface area contributed by atoms with Crippen LogP contribution in [0.1, 0.15) is 12.0 Å². The lowest BCUT2D eigenvalue weighted by Crippen LogP contribution is -2.38. The largest absolute Gasteiger partial charge is 0.390 e. The standard InChI is InChI=1S/C15H21FN2O2/c1-17(2)13-9-18(10-14(13)19)15(20)8-7-11-5-3-4-6-12(11)16/h3-6,13-14,19H,7-10H2,1-2H3/t13-,14-/m1/s1. The normalized spacial score (nSPS) is 22.6. The SMILES string of the molecule is CN(C)[C@@H]1CN(C(=O)CCc2ccccc2F)C[C@H]1O. The number of aryl methyl sites for hydroxylation is 1. The van der Waals surface area contributed by atoms with Gasteiger partial charge in [-0.25, -0.2) is 4.39 Å². The molecule has 1 saturated heterocycles. The van der Waals surface area contributed by atoms with Gasteiger partial charge in [0.05, 0.1) is 12.1 Å². The van der Waals surface area contributed by atoms with Gasteiger partial charge < -0.3 is 14.9 Å². The molecule has 0 radical (unpaired) electrons. The number of carbonyl (C=O) groups excluding carboxylic acids is 1. The number of hydrogen-bond acceptors (Lipinski definition) is 3. The molecule has 4 nitrogen and oxygen atoms in total. The van der Waals surface area contributed by atoms with E-state index in [0.29, 0.717) is 25.1 Å². The number of likely N-dealkylation sites (N-methyl/N-ethyl adjacent to an activating group) is 1. The number of nitrogens with zero attached hydrogens (tertiary/aromatic N) is 2. The van der Waals surface area contributed by atoms with Crippen molar-refractivity contribution in [3.8, 4) is 0 Å². The number of rotatable bonds is 4. The van der Waals surface area contributed by atoms with Gasteiger partial charge in [-0.2, -0.15) is 0 Å². The number of halogens is 1. The first-order valence-electron chi connectivity index (χ1n) is 6.84. The molecule has 1 aliphatic heterocycles. The summed E-state index contributed by atoms with van der Waals surface area (Å²) in [5.41, 5.74) is 0.560. The Morgan fingerprint density at radius 3 is 2.70 bits per heavy atom. The van der Waals surface area contributed by atoms with Crippen LogP contribution in [0, 0.1) is 5.82 Å². The van der Waals surface area contributed by atoms with Crippen molar-refractivity contribution in [2.24, 2.45) is 0 Å². The van der Waals surface area contributed by atoms with Gasteiger partial charge in [-0.05, 0) is 32.1 Å². The van der Waals surface area contributed by atoms with E-state index in [1.807, 2.05) is 19.0 Å². The lowest BCUT2D eigenvalue weighted by molar-refractivity contribution is -0.130. The van der Waals surface area contributed by atoms with Gasteiger partial charge >= 0.3 is 0 Å². The van der Waals surface area contributed by atoms with Crippen LogP contribution in [0.4, 0.5) is 4.39 Å². The summed E-state index contributed by atoms with van der Waals surface area (Å²) in [6.07, 6.45) is 0.154. The van der Waals surface area contributed by atoms with E-state index in [1.165, 1.54) is 6.07 Å². The van der Waals surface area contributed by atoms with E-state index in [1.54, 1.807) is 23.1 Å². The fourth-order valence-corrected chi connectivity index (χ4v) is 2.58. The summed E-state index contributed by atoms with van der Waals surface area (Å²) >= 11 is 0. The third-order valence-corrected chi connectivity index (χ3v) is 3.84. The summed E-state index contributed by atoms with van der Waals surface area (Å²) in [5.74, 6) is -0.301. The molecular formula is C15H21FN2O2. The van der Waals surface area contributed by atoms with E-state index >= 15 is 0 Å². The molecule has 0 bridgehead atoms. The van der Waals surface area contributed by atoms with Gasteiger partial charge in [0.15, 0.2) is 0 Å². The van der Waals surface area contributed by atoms with Gasteiger partial charge in [-0.3, -0.25) is 4.79 Å². The third kappa shape index (κ3) is 3.35. The highest BCUT2D eigenvalue weighted by atomic mass is 19.1. The molecule has 1 N–H and O–H groups in total. The third-order valence-electron chi connectivity index (χ3n) is 3.84. The number of benzene rings is 1. The van der Waals surface area contributed by atoms with Crippen molar-refractivity contribution in [1.82, 2.24) is 9.80 Å². The number of β-amino-alcohol motifs (C(OH)–C–C–N with tert-alkyl or cyclic N) is 1. The zero-order valence-electron chi connectivity index (χ0n) is 11.9. The average Bonchev–Trinajstić information content (AvgIpc) is 2.80. The summed E-state index contributed by atoms with van der Waals surface area (Å²) in [7, 11) is 3.78. The summed E-state index contributed by atoms with van der Waals surface area (Å²) in [6, 6.07) is 6.49. The van der Waals surface area contributed by atoms with E-state index in [0.717, 1.165) is 0 Å². The van der Waals surface area contributed by atoms with Crippen LogP contribution in [0.2, 0.25) is 0 Å². The van der Waals surface area contributed by atoms with Gasteiger partial charge in [0.2, 0.25) is 5.91 Å². The molecular weight excluding hydrogens is 259 g/mol. The van der Waals surface area contributed by atoms with E-state index in [2.05, 4.69) is 0 Å². The quantitative estimate of drug-likeness (QED) is 0.891. The number of hydrogen-bond donors (Lipinski definition) is 1. The first-order chi connectivity index (χ1) is 9.49. The second kappa shape index (κ2) is 6.33. The van der Waals surface area contributed by atoms with Crippen LogP contribution in [0.5, 0.6) is 0 Å². The molecule has 0 unspecified atom stereocenters. The van der Waals surface area contributed by atoms with Crippen LogP contribution in [0.15, 0.2) is 24.3 Å². The van der Waals surface area contributed by atoms with E-state index in [9.17, 15) is 14.3 Å². The predicted molar refractivity (Wildman–Crippen MR) is 74.8 cm³/mol. The van der Waals surface area contributed by atoms with Crippen LogP contribution in [-0.2, 0) is 11.2 Å². The Kier molecular flexibility index (Phi) is 4.73. The molecule has 20 heavy (non-hydrogen) atoms. The van der Waals surface area contributed by atoms with Crippen molar-refractivity contribution in [2.45, 2.75) is 25.0 Å². The Balaban J connectivity index is 1.89. The van der Waals surface area contributed by atoms with Crippen molar-refractivity contribution in [2.75, 3.05) is 27.2 Å². The monoisotopic (exact) mass is 280 g/mol. The fourth-order valence-electron chi connectivity index (χ4n) is 2.58. The predicted octanol–water partition coefficient (Wildman–Crippen LogP) is 0.892. The minimum Gasteiger partial charge on any atom is -0.390 e. The summed E-state index contributed by atoms with van der Waals surface area (Å²) in [6.45, 7) is 0.892. The molecule has 1 amide bonds. The summed E-state index contributed by atoms with van der Waals surface area (Å²) in [4.78, 5) is 15.7. The first-order valence-corrected chi connectivity index (χ1v) is 6.84. The zero-order chi connectivity index (χ0) is 14.7. The molecule has 0 spiro atoms. The molecule has 1 aromatic carbocycles. The highest BCUT2D eigenvalue weighted by molar-refractivity contribution is 5.77. The van der Waals surface area contributed by atoms with Gasteiger partial charge in [0.25, 0.3) is 0 Å². The molecule has 0 saturated carbocycles. The van der Waals surface area contributed by atoms with Crippen molar-refractivity contribution in [1.29, 1.82) is 0 Å². The second-order valence-electron chi connectivity index (χ2n) is 5.49. The zero-order valence-corrected chi connectivity index (χ0v) is 11.9. The number of carbonyl (C=O) groups is 1. The maximum absolute atomic E-state index is 13.5. The second-order valence-corrected chi connectivity index (χ2v) is 5.49. The van der Waals surface area contributed by atoms with Crippen molar-refractivity contribution in [3.05, 3.63) is 35.6 Å². The Morgan fingerprint density at radius 2 is 2.10 bits per heavy atom. The Hall–Kier alpha value is -1.46. The van der Waals surface area contributed by atoms with Crippen molar-refractivity contribution >= 4 is 5.91 Å². The molecule has 5 heteroatoms. The first kappa shape index (κ1) is 14.9. The Bertz CT molecular complexity index is 479. The van der Waals surface area contributed by atoms with Gasteiger partial charge in [-0.1, -0.05) is 18.2 Å². The topological polar surface area (TPSA) is 43.8 Å². The van der Waals surface area contributed by atoms with E-state index in [-0.39, 0.29) is 24.2 Å². The molecule has 0 aliphatic carbocycles. The van der Waals surface area contributed by atoms with Gasteiger partial charge in [-0.15, -0.1) is 0 Å². The number of aliphatic hydroxyl groups is 1. The smallest absolute Gasteiger partial charge is 0.223 e. The maximum atomic E-state index is 13.5. The Morgan fingerprint density at radius 1 is 1.40 bits per heavy atom. The van der Waals surface area contributed by atoms with Crippen LogP contribution >= 0.6 is 0 Å². The number of aliphatic hydroxyl groups excluding tert-OH is 1. The molecule has 1 fully saturated rings. The van der Waals surface area contributed by atoms with Crippen LogP contribution in [0.25, 0.3) is 0 Å². The van der Waals surface area contributed by atoms with Gasteiger partial charge in [0.1, 0.15) is 5.82 Å². The summed E-state index contributed by atoms with van der Waals surface area (Å²) in [5, 5.41) is 9.91. The molecule has 110 valence electrons. The van der Waals surface area contributed by atoms with Crippen LogP contribution < -0.4 is 0 Å². The van der Waals surface area contributed by atoms with E-state index < -0.39 is 6.10 Å². The maximum Gasteiger partial charge on any atom is 0.223 e. The van der Waals surface area contributed by atoms with Crippen LogP contribution in [-0.4, -0.2) is 60.1 Å². The molecule has 2 rings (SSSR count). The van der Waals surface area contributed by atoms with Gasteiger partial charge in [0, 0.05) is 19.5 Å². The highest BCUT2D eigenvalue weighted by Gasteiger charge is 2.34. The van der Waals surface area contributed by atoms with Crippen molar-refractivity contribution < 1.29 is 14.3 Å². The molecule has 2 atom stereocenters. The minimum absolute atomic E-state index is 0.0209. The number of likely N-dealkylation sites (tertiary alicyclic amines) is 1. The summed E-state index contributed by atoms with van der Waals surface area (Å²) < 4.78 is 13.5.